The molecule has 1 fully saturated rings. The number of carbonyl (C=O) groups is 1. The number of aromatic nitrogens is 1. The Morgan fingerprint density at radius 3 is 2.90 bits per heavy atom. The van der Waals surface area contributed by atoms with E-state index in [0.717, 1.165) is 25.0 Å². The number of rotatable bonds is 7. The van der Waals surface area contributed by atoms with Gasteiger partial charge in [-0.25, -0.2) is 9.37 Å². The summed E-state index contributed by atoms with van der Waals surface area (Å²) < 4.78 is 25.7. The number of nitrogens with one attached hydrogen (secondary N) is 1. The van der Waals surface area contributed by atoms with Gasteiger partial charge >= 0.3 is 0 Å². The molecule has 4 rings (SSSR count). The van der Waals surface area contributed by atoms with Crippen LogP contribution in [0.4, 0.5) is 4.39 Å². The van der Waals surface area contributed by atoms with Gasteiger partial charge in [-0.2, -0.15) is 0 Å². The van der Waals surface area contributed by atoms with Gasteiger partial charge in [0.25, 0.3) is 5.91 Å². The number of nitrogens with zero attached hydrogens (tertiary/aromatic N) is 1. The van der Waals surface area contributed by atoms with Crippen molar-refractivity contribution in [2.24, 2.45) is 0 Å². The van der Waals surface area contributed by atoms with Crippen LogP contribution in [-0.2, 0) is 11.3 Å². The lowest BCUT2D eigenvalue weighted by Gasteiger charge is -2.09. The molecule has 0 spiro atoms. The number of thiazole rings is 1. The molecule has 1 aliphatic heterocycles. The van der Waals surface area contributed by atoms with E-state index in [4.69, 9.17) is 9.47 Å². The van der Waals surface area contributed by atoms with Crippen LogP contribution in [0.2, 0.25) is 0 Å². The number of amides is 1. The Hall–Kier alpha value is -2.77. The molecule has 7 heteroatoms. The summed E-state index contributed by atoms with van der Waals surface area (Å²) in [5.74, 6) is -0.261. The third-order valence-electron chi connectivity index (χ3n) is 4.67. The van der Waals surface area contributed by atoms with E-state index >= 15 is 0 Å². The van der Waals surface area contributed by atoms with E-state index in [9.17, 15) is 9.18 Å². The summed E-state index contributed by atoms with van der Waals surface area (Å²) in [6.45, 7) is 1.57. The molecular formula is C22H21FN2O3S. The fourth-order valence-corrected chi connectivity index (χ4v) is 3.93. The van der Waals surface area contributed by atoms with E-state index in [2.05, 4.69) is 10.3 Å². The third-order valence-corrected chi connectivity index (χ3v) is 5.55. The highest BCUT2D eigenvalue weighted by atomic mass is 32.1. The zero-order chi connectivity index (χ0) is 20.1. The zero-order valence-corrected chi connectivity index (χ0v) is 16.6. The average molecular weight is 412 g/mol. The molecule has 2 heterocycles. The standard InChI is InChI=1S/C22H21FN2O3S/c23-19-11-16(28-13-15-5-2-1-3-6-15)8-9-18(19)22-25-20(14-29-22)21(26)24-12-17-7-4-10-27-17/h1-3,5-6,8-9,11,14,17H,4,7,10,12-13H2,(H,24,26)/t17-/m0/s1. The predicted octanol–water partition coefficient (Wildman–Crippen LogP) is 4.44. The Morgan fingerprint density at radius 2 is 2.14 bits per heavy atom. The molecule has 1 amide bonds. The van der Waals surface area contributed by atoms with E-state index in [0.29, 0.717) is 29.5 Å². The van der Waals surface area contributed by atoms with Crippen molar-refractivity contribution in [2.45, 2.75) is 25.6 Å². The number of benzene rings is 2. The number of carbonyl (C=O) groups excluding carboxylic acids is 1. The number of hydrogen-bond acceptors (Lipinski definition) is 5. The van der Waals surface area contributed by atoms with Crippen molar-refractivity contribution in [3.05, 3.63) is 71.0 Å². The maximum atomic E-state index is 14.6. The van der Waals surface area contributed by atoms with Gasteiger partial charge in [0.15, 0.2) is 0 Å². The minimum Gasteiger partial charge on any atom is -0.489 e. The lowest BCUT2D eigenvalue weighted by Crippen LogP contribution is -2.31. The molecular weight excluding hydrogens is 391 g/mol. The van der Waals surface area contributed by atoms with Crippen molar-refractivity contribution in [3.63, 3.8) is 0 Å². The molecule has 1 aliphatic rings. The largest absolute Gasteiger partial charge is 0.489 e. The summed E-state index contributed by atoms with van der Waals surface area (Å²) >= 11 is 1.24. The van der Waals surface area contributed by atoms with Crippen molar-refractivity contribution in [3.8, 4) is 16.3 Å². The van der Waals surface area contributed by atoms with E-state index in [1.165, 1.54) is 17.4 Å². The molecule has 1 saturated heterocycles. The highest BCUT2D eigenvalue weighted by molar-refractivity contribution is 7.13. The number of hydrogen-bond donors (Lipinski definition) is 1. The monoisotopic (exact) mass is 412 g/mol. The molecule has 29 heavy (non-hydrogen) atoms. The van der Waals surface area contributed by atoms with E-state index in [1.807, 2.05) is 30.3 Å². The first-order valence-corrected chi connectivity index (χ1v) is 10.4. The van der Waals surface area contributed by atoms with Crippen molar-refractivity contribution >= 4 is 17.2 Å². The fraction of sp³-hybridized carbons (Fsp3) is 0.273. The second kappa shape index (κ2) is 9.15. The first kappa shape index (κ1) is 19.5. The van der Waals surface area contributed by atoms with Crippen molar-refractivity contribution in [2.75, 3.05) is 13.2 Å². The minimum atomic E-state index is -0.434. The van der Waals surface area contributed by atoms with Crippen LogP contribution in [0.1, 0.15) is 28.9 Å². The Labute approximate surface area is 172 Å². The molecule has 0 radical (unpaired) electrons. The summed E-state index contributed by atoms with van der Waals surface area (Å²) in [6, 6.07) is 14.4. The Kier molecular flexibility index (Phi) is 6.17. The van der Waals surface area contributed by atoms with Crippen LogP contribution in [0.25, 0.3) is 10.6 Å². The van der Waals surface area contributed by atoms with Crippen LogP contribution in [0.3, 0.4) is 0 Å². The lowest BCUT2D eigenvalue weighted by molar-refractivity contribution is 0.0854. The molecule has 3 aromatic rings. The van der Waals surface area contributed by atoms with E-state index < -0.39 is 5.82 Å². The van der Waals surface area contributed by atoms with Crippen molar-refractivity contribution in [1.29, 1.82) is 0 Å². The lowest BCUT2D eigenvalue weighted by atomic mass is 10.2. The van der Waals surface area contributed by atoms with E-state index in [1.54, 1.807) is 17.5 Å². The van der Waals surface area contributed by atoms with Gasteiger partial charge in [-0.3, -0.25) is 4.79 Å². The van der Waals surface area contributed by atoms with Gasteiger partial charge < -0.3 is 14.8 Å². The first-order valence-electron chi connectivity index (χ1n) is 9.51. The number of halogens is 1. The molecule has 0 bridgehead atoms. The molecule has 150 valence electrons. The predicted molar refractivity (Wildman–Crippen MR) is 110 cm³/mol. The van der Waals surface area contributed by atoms with Gasteiger partial charge in [0.2, 0.25) is 0 Å². The smallest absolute Gasteiger partial charge is 0.270 e. The average Bonchev–Trinajstić information content (AvgIpc) is 3.44. The molecule has 0 saturated carbocycles. The fourth-order valence-electron chi connectivity index (χ4n) is 3.10. The molecule has 2 aromatic carbocycles. The number of ether oxygens (including phenoxy) is 2. The van der Waals surface area contributed by atoms with Crippen LogP contribution < -0.4 is 10.1 Å². The summed E-state index contributed by atoms with van der Waals surface area (Å²) in [4.78, 5) is 16.6. The quantitative estimate of drug-likeness (QED) is 0.623. The maximum Gasteiger partial charge on any atom is 0.270 e. The van der Waals surface area contributed by atoms with Gasteiger partial charge in [-0.05, 0) is 30.5 Å². The van der Waals surface area contributed by atoms with Gasteiger partial charge in [-0.1, -0.05) is 30.3 Å². The van der Waals surface area contributed by atoms with Gasteiger partial charge in [0, 0.05) is 30.2 Å². The second-order valence-electron chi connectivity index (χ2n) is 6.80. The van der Waals surface area contributed by atoms with Crippen LogP contribution in [0.5, 0.6) is 5.75 Å². The van der Waals surface area contributed by atoms with Crippen molar-refractivity contribution in [1.82, 2.24) is 10.3 Å². The summed E-state index contributed by atoms with van der Waals surface area (Å²) in [5.41, 5.74) is 1.64. The van der Waals surface area contributed by atoms with E-state index in [-0.39, 0.29) is 17.7 Å². The highest BCUT2D eigenvalue weighted by Gasteiger charge is 2.19. The topological polar surface area (TPSA) is 60.5 Å². The van der Waals surface area contributed by atoms with Crippen LogP contribution in [0, 0.1) is 5.82 Å². The zero-order valence-electron chi connectivity index (χ0n) is 15.8. The normalized spacial score (nSPS) is 16.0. The van der Waals surface area contributed by atoms with Crippen LogP contribution >= 0.6 is 11.3 Å². The minimum absolute atomic E-state index is 0.0675. The molecule has 1 aromatic heterocycles. The van der Waals surface area contributed by atoms with Gasteiger partial charge in [0.1, 0.15) is 28.9 Å². The Bertz CT molecular complexity index is 971. The highest BCUT2D eigenvalue weighted by Crippen LogP contribution is 2.29. The third kappa shape index (κ3) is 4.99. The first-order chi connectivity index (χ1) is 14.2. The van der Waals surface area contributed by atoms with Crippen LogP contribution in [0.15, 0.2) is 53.9 Å². The summed E-state index contributed by atoms with van der Waals surface area (Å²) in [7, 11) is 0. The molecule has 0 unspecified atom stereocenters. The van der Waals surface area contributed by atoms with Crippen molar-refractivity contribution < 1.29 is 18.7 Å². The summed E-state index contributed by atoms with van der Waals surface area (Å²) in [6.07, 6.45) is 2.04. The van der Waals surface area contributed by atoms with Gasteiger partial charge in [0.05, 0.1) is 6.10 Å². The molecule has 1 N–H and O–H groups in total. The second-order valence-corrected chi connectivity index (χ2v) is 7.66. The summed E-state index contributed by atoms with van der Waals surface area (Å²) in [5, 5.41) is 4.92. The van der Waals surface area contributed by atoms with Gasteiger partial charge in [-0.15, -0.1) is 11.3 Å². The Balaban J connectivity index is 1.38. The maximum absolute atomic E-state index is 14.6. The van der Waals surface area contributed by atoms with Crippen LogP contribution in [-0.4, -0.2) is 30.1 Å². The molecule has 0 aliphatic carbocycles. The molecule has 1 atom stereocenters. The SMILES string of the molecule is O=C(NC[C@@H]1CCCO1)c1csc(-c2ccc(OCc3ccccc3)cc2F)n1. The Morgan fingerprint density at radius 1 is 1.28 bits per heavy atom. The molecule has 5 nitrogen and oxygen atoms in total.